The Morgan fingerprint density at radius 3 is 2.92 bits per heavy atom. The zero-order valence-corrected chi connectivity index (χ0v) is 6.57. The molecule has 0 aliphatic heterocycles. The molecular formula is C9H6N2O2. The topological polar surface area (TPSA) is 62.8 Å². The minimum absolute atomic E-state index is 0.308. The van der Waals surface area contributed by atoms with Crippen molar-refractivity contribution in [3.8, 4) is 0 Å². The van der Waals surface area contributed by atoms with Gasteiger partial charge in [0.1, 0.15) is 0 Å². The number of nitrogens with one attached hydrogen (secondary N) is 1. The first-order chi connectivity index (χ1) is 6.68. The van der Waals surface area contributed by atoms with E-state index in [0.29, 0.717) is 10.9 Å². The van der Waals surface area contributed by atoms with Crippen molar-refractivity contribution in [3.05, 3.63) is 51.1 Å². The lowest BCUT2D eigenvalue weighted by molar-refractivity contribution is 1.23. The average Bonchev–Trinajstić information content (AvgIpc) is 2.27. The summed E-state index contributed by atoms with van der Waals surface area (Å²) >= 11 is 0. The molecule has 0 saturated heterocycles. The molecule has 0 bridgehead atoms. The van der Waals surface area contributed by atoms with Crippen LogP contribution in [0.1, 0.15) is 1.37 Å². The lowest BCUT2D eigenvalue weighted by atomic mass is 10.2. The van der Waals surface area contributed by atoms with Crippen LogP contribution in [-0.4, -0.2) is 9.97 Å². The zero-order chi connectivity index (χ0) is 10.1. The monoisotopic (exact) mass is 175 g/mol. The summed E-state index contributed by atoms with van der Waals surface area (Å²) in [4.78, 5) is 28.3. The van der Waals surface area contributed by atoms with Gasteiger partial charge < -0.3 is 4.98 Å². The number of nitrogens with zero attached hydrogens (tertiary/aromatic N) is 1. The molecule has 1 aromatic heterocycles. The third kappa shape index (κ3) is 1.33. The normalized spacial score (nSPS) is 11.2. The van der Waals surface area contributed by atoms with E-state index < -0.39 is 17.3 Å². The van der Waals surface area contributed by atoms with Gasteiger partial charge in [-0.25, -0.2) is 4.98 Å². The van der Waals surface area contributed by atoms with Crippen LogP contribution in [0, 0.1) is 0 Å². The van der Waals surface area contributed by atoms with Gasteiger partial charge in [0, 0.05) is 0 Å². The molecular weight excluding hydrogens is 168 g/mol. The van der Waals surface area contributed by atoms with Crippen molar-refractivity contribution in [2.24, 2.45) is 0 Å². The third-order valence-electron chi connectivity index (χ3n) is 1.66. The smallest absolute Gasteiger partial charge is 0.279 e. The second-order valence-corrected chi connectivity index (χ2v) is 2.53. The Kier molecular flexibility index (Phi) is 1.42. The fraction of sp³-hybridized carbons (Fsp3) is 0. The summed E-state index contributed by atoms with van der Waals surface area (Å²) in [5, 5.41) is 0.308. The molecule has 0 fully saturated rings. The van der Waals surface area contributed by atoms with Crippen molar-refractivity contribution in [2.75, 3.05) is 0 Å². The van der Waals surface area contributed by atoms with E-state index in [9.17, 15) is 9.59 Å². The fourth-order valence-electron chi connectivity index (χ4n) is 1.09. The molecule has 0 aliphatic rings. The highest BCUT2D eigenvalue weighted by Gasteiger charge is 1.95. The Balaban J connectivity index is 3.13. The summed E-state index contributed by atoms with van der Waals surface area (Å²) in [6, 6.07) is 6.52. The molecule has 4 nitrogen and oxygen atoms in total. The van der Waals surface area contributed by atoms with E-state index in [-0.39, 0.29) is 0 Å². The Labute approximate surface area is 74.3 Å². The van der Waals surface area contributed by atoms with Gasteiger partial charge in [0.05, 0.1) is 18.4 Å². The van der Waals surface area contributed by atoms with Crippen LogP contribution < -0.4 is 11.1 Å². The second-order valence-electron chi connectivity index (χ2n) is 2.53. The molecule has 1 aromatic carbocycles. The first-order valence-corrected chi connectivity index (χ1v) is 3.68. The van der Waals surface area contributed by atoms with Gasteiger partial charge in [-0.2, -0.15) is 0 Å². The van der Waals surface area contributed by atoms with E-state index in [0.717, 1.165) is 0 Å². The molecule has 0 spiro atoms. The molecule has 1 N–H and O–H groups in total. The quantitative estimate of drug-likeness (QED) is 0.625. The molecule has 0 atom stereocenters. The van der Waals surface area contributed by atoms with E-state index in [1.54, 1.807) is 24.3 Å². The number of para-hydroxylation sites is 1. The van der Waals surface area contributed by atoms with Crippen molar-refractivity contribution >= 4 is 10.9 Å². The van der Waals surface area contributed by atoms with Crippen LogP contribution in [-0.2, 0) is 0 Å². The van der Waals surface area contributed by atoms with Gasteiger partial charge in [-0.1, -0.05) is 12.1 Å². The van der Waals surface area contributed by atoms with Gasteiger partial charge in [0.15, 0.2) is 0 Å². The first kappa shape index (κ1) is 6.54. The van der Waals surface area contributed by atoms with E-state index >= 15 is 0 Å². The van der Waals surface area contributed by atoms with Crippen molar-refractivity contribution in [3.63, 3.8) is 0 Å². The number of aromatic amines is 1. The SMILES string of the molecule is [2H]c1nc(=O)c2ccccc2[nH]c1=O. The Morgan fingerprint density at radius 2 is 2.08 bits per heavy atom. The standard InChI is InChI=1S/C9H6N2O2/c12-8-5-10-9(13)6-3-1-2-4-7(6)11-8/h1-5H,(H,11,12)/i5D. The van der Waals surface area contributed by atoms with Crippen LogP contribution in [0.4, 0.5) is 0 Å². The van der Waals surface area contributed by atoms with Crippen molar-refractivity contribution in [1.82, 2.24) is 9.97 Å². The molecule has 0 amide bonds. The maximum Gasteiger partial charge on any atom is 0.279 e. The van der Waals surface area contributed by atoms with Gasteiger partial charge in [0.2, 0.25) is 0 Å². The highest BCUT2D eigenvalue weighted by Crippen LogP contribution is 2.01. The van der Waals surface area contributed by atoms with Gasteiger partial charge in [0.25, 0.3) is 11.1 Å². The molecule has 1 heterocycles. The van der Waals surface area contributed by atoms with Gasteiger partial charge in [-0.05, 0) is 12.1 Å². The van der Waals surface area contributed by atoms with Crippen molar-refractivity contribution in [1.29, 1.82) is 0 Å². The number of hydrogen-bond donors (Lipinski definition) is 1. The highest BCUT2D eigenvalue weighted by atomic mass is 16.1. The molecule has 0 radical (unpaired) electrons. The molecule has 4 heteroatoms. The van der Waals surface area contributed by atoms with Gasteiger partial charge >= 0.3 is 0 Å². The summed E-state index contributed by atoms with van der Waals surface area (Å²) in [6.45, 7) is 0. The summed E-state index contributed by atoms with van der Waals surface area (Å²) in [6.07, 6.45) is -0.564. The van der Waals surface area contributed by atoms with E-state index in [1.807, 2.05) is 0 Å². The number of benzene rings is 1. The Morgan fingerprint density at radius 1 is 1.31 bits per heavy atom. The minimum atomic E-state index is -0.664. The zero-order valence-electron chi connectivity index (χ0n) is 7.57. The minimum Gasteiger partial charge on any atom is -0.320 e. The second kappa shape index (κ2) is 2.82. The van der Waals surface area contributed by atoms with E-state index in [4.69, 9.17) is 1.37 Å². The summed E-state index contributed by atoms with van der Waals surface area (Å²) < 4.78 is 7.14. The maximum absolute atomic E-state index is 11.4. The predicted molar refractivity (Wildman–Crippen MR) is 48.6 cm³/mol. The number of H-pyrrole nitrogens is 1. The van der Waals surface area contributed by atoms with Crippen LogP contribution in [0.5, 0.6) is 0 Å². The van der Waals surface area contributed by atoms with Gasteiger partial charge in [-0.15, -0.1) is 0 Å². The predicted octanol–water partition coefficient (Wildman–Crippen LogP) is 0.283. The summed E-state index contributed by atoms with van der Waals surface area (Å²) in [5.74, 6) is 0. The number of aromatic nitrogens is 2. The van der Waals surface area contributed by atoms with Crippen LogP contribution in [0.15, 0.2) is 40.0 Å². The van der Waals surface area contributed by atoms with Gasteiger partial charge in [-0.3, -0.25) is 9.59 Å². The lowest BCUT2D eigenvalue weighted by Gasteiger charge is -1.86. The first-order valence-electron chi connectivity index (χ1n) is 4.18. The summed E-state index contributed by atoms with van der Waals surface area (Å²) in [7, 11) is 0. The molecule has 13 heavy (non-hydrogen) atoms. The number of fused-ring (bicyclic) bond motifs is 1. The molecule has 64 valence electrons. The molecule has 2 rings (SSSR count). The number of rotatable bonds is 0. The molecule has 2 aromatic rings. The highest BCUT2D eigenvalue weighted by molar-refractivity contribution is 5.76. The van der Waals surface area contributed by atoms with Crippen LogP contribution in [0.25, 0.3) is 10.9 Å². The van der Waals surface area contributed by atoms with Crippen molar-refractivity contribution in [2.45, 2.75) is 0 Å². The summed E-state index contributed by atoms with van der Waals surface area (Å²) in [5.41, 5.74) is -0.833. The molecule has 0 aliphatic carbocycles. The Hall–Kier alpha value is -1.97. The van der Waals surface area contributed by atoms with E-state index in [1.165, 1.54) is 0 Å². The van der Waals surface area contributed by atoms with Crippen molar-refractivity contribution < 1.29 is 1.37 Å². The molecule has 0 unspecified atom stereocenters. The third-order valence-corrected chi connectivity index (χ3v) is 1.66. The lowest BCUT2D eigenvalue weighted by Crippen LogP contribution is -2.02. The molecule has 0 saturated carbocycles. The maximum atomic E-state index is 11.4. The van der Waals surface area contributed by atoms with E-state index in [2.05, 4.69) is 9.97 Å². The average molecular weight is 175 g/mol. The largest absolute Gasteiger partial charge is 0.320 e. The van der Waals surface area contributed by atoms with Crippen LogP contribution >= 0.6 is 0 Å². The Bertz CT molecular complexity index is 606. The van der Waals surface area contributed by atoms with Crippen LogP contribution in [0.2, 0.25) is 0 Å². The fourth-order valence-corrected chi connectivity index (χ4v) is 1.09. The van der Waals surface area contributed by atoms with Crippen LogP contribution in [0.3, 0.4) is 0 Å². The number of hydrogen-bond acceptors (Lipinski definition) is 3.